The molecule has 1 aromatic carbocycles. The second-order valence-electron chi connectivity index (χ2n) is 6.10. The first-order valence-electron chi connectivity index (χ1n) is 6.96. The van der Waals surface area contributed by atoms with Gasteiger partial charge in [0.25, 0.3) is 0 Å². The van der Waals surface area contributed by atoms with E-state index in [9.17, 15) is 5.11 Å². The monoisotopic (exact) mass is 281 g/mol. The molecule has 4 nitrogen and oxygen atoms in total. The van der Waals surface area contributed by atoms with Crippen LogP contribution in [-0.4, -0.2) is 25.9 Å². The molecular weight excluding hydrogens is 254 g/mol. The van der Waals surface area contributed by atoms with E-state index in [4.69, 9.17) is 9.47 Å². The molecule has 114 valence electrons. The van der Waals surface area contributed by atoms with Crippen molar-refractivity contribution in [2.75, 3.05) is 20.8 Å². The summed E-state index contributed by atoms with van der Waals surface area (Å²) >= 11 is 0. The molecule has 0 radical (unpaired) electrons. The van der Waals surface area contributed by atoms with Crippen LogP contribution in [-0.2, 0) is 6.54 Å². The summed E-state index contributed by atoms with van der Waals surface area (Å²) in [7, 11) is 3.07. The molecule has 0 aliphatic rings. The molecule has 0 fully saturated rings. The fourth-order valence-electron chi connectivity index (χ4n) is 1.78. The number of aromatic hydroxyl groups is 1. The molecule has 2 N–H and O–H groups in total. The topological polar surface area (TPSA) is 50.7 Å². The quantitative estimate of drug-likeness (QED) is 0.806. The average molecular weight is 281 g/mol. The lowest BCUT2D eigenvalue weighted by atomic mass is 9.81. The van der Waals surface area contributed by atoms with Crippen molar-refractivity contribution in [1.29, 1.82) is 0 Å². The Morgan fingerprint density at radius 2 is 1.65 bits per heavy atom. The lowest BCUT2D eigenvalue weighted by molar-refractivity contribution is 0.237. The van der Waals surface area contributed by atoms with Gasteiger partial charge in [-0.15, -0.1) is 0 Å². The van der Waals surface area contributed by atoms with E-state index in [0.717, 1.165) is 12.1 Å². The largest absolute Gasteiger partial charge is 0.502 e. The van der Waals surface area contributed by atoms with Gasteiger partial charge in [0.15, 0.2) is 11.5 Å². The molecule has 0 aromatic heterocycles. The van der Waals surface area contributed by atoms with Crippen LogP contribution in [0.4, 0.5) is 0 Å². The Balaban J connectivity index is 2.74. The molecule has 0 heterocycles. The number of rotatable bonds is 7. The molecule has 0 atom stereocenters. The first-order valence-corrected chi connectivity index (χ1v) is 6.96. The fraction of sp³-hybridized carbons (Fsp3) is 0.625. The smallest absolute Gasteiger partial charge is 0.200 e. The number of phenols is 1. The van der Waals surface area contributed by atoms with Crippen molar-refractivity contribution in [3.63, 3.8) is 0 Å². The minimum Gasteiger partial charge on any atom is -0.502 e. The van der Waals surface area contributed by atoms with Crippen molar-refractivity contribution in [2.45, 2.75) is 34.2 Å². The molecule has 0 spiro atoms. The minimum absolute atomic E-state index is 0.0428. The molecular formula is C16H27NO3. The molecule has 0 bridgehead atoms. The maximum absolute atomic E-state index is 9.87. The first-order chi connectivity index (χ1) is 9.31. The highest BCUT2D eigenvalue weighted by Crippen LogP contribution is 2.37. The Labute approximate surface area is 122 Å². The predicted octanol–water partition coefficient (Wildman–Crippen LogP) is 3.18. The summed E-state index contributed by atoms with van der Waals surface area (Å²) < 4.78 is 10.3. The van der Waals surface area contributed by atoms with E-state index in [1.807, 2.05) is 12.1 Å². The van der Waals surface area contributed by atoms with E-state index in [0.29, 0.717) is 24.0 Å². The molecule has 0 aliphatic heterocycles. The second-order valence-corrected chi connectivity index (χ2v) is 6.10. The molecule has 0 saturated heterocycles. The van der Waals surface area contributed by atoms with Crippen LogP contribution >= 0.6 is 0 Å². The van der Waals surface area contributed by atoms with Gasteiger partial charge >= 0.3 is 0 Å². The van der Waals surface area contributed by atoms with E-state index in [1.54, 1.807) is 0 Å². The van der Waals surface area contributed by atoms with Gasteiger partial charge in [-0.25, -0.2) is 0 Å². The lowest BCUT2D eigenvalue weighted by Crippen LogP contribution is -2.33. The van der Waals surface area contributed by atoms with Crippen LogP contribution in [0.5, 0.6) is 17.2 Å². The summed E-state index contributed by atoms with van der Waals surface area (Å²) in [5.74, 6) is 1.52. The standard InChI is InChI=1S/C16H27NO3/c1-11(2)16(3,4)10-17-9-12-7-13(19-5)15(18)14(8-12)20-6/h7-8,11,17-18H,9-10H2,1-6H3. The molecule has 0 amide bonds. The van der Waals surface area contributed by atoms with Gasteiger partial charge in [0.05, 0.1) is 14.2 Å². The summed E-state index contributed by atoms with van der Waals surface area (Å²) in [5, 5.41) is 13.3. The van der Waals surface area contributed by atoms with Gasteiger partial charge in [-0.3, -0.25) is 0 Å². The summed E-state index contributed by atoms with van der Waals surface area (Å²) in [4.78, 5) is 0. The van der Waals surface area contributed by atoms with Gasteiger partial charge in [0, 0.05) is 13.1 Å². The van der Waals surface area contributed by atoms with Crippen LogP contribution in [0.3, 0.4) is 0 Å². The Morgan fingerprint density at radius 3 is 2.05 bits per heavy atom. The van der Waals surface area contributed by atoms with Crippen molar-refractivity contribution in [2.24, 2.45) is 11.3 Å². The van der Waals surface area contributed by atoms with Crippen LogP contribution in [0, 0.1) is 11.3 Å². The maximum Gasteiger partial charge on any atom is 0.200 e. The number of phenolic OH excluding ortho intramolecular Hbond substituents is 1. The average Bonchev–Trinajstić information content (AvgIpc) is 2.39. The van der Waals surface area contributed by atoms with Gasteiger partial charge < -0.3 is 19.9 Å². The lowest BCUT2D eigenvalue weighted by Gasteiger charge is -2.29. The third kappa shape index (κ3) is 4.04. The summed E-state index contributed by atoms with van der Waals surface area (Å²) in [5.41, 5.74) is 1.27. The third-order valence-corrected chi connectivity index (χ3v) is 4.01. The Kier molecular flexibility index (Phi) is 5.69. The van der Waals surface area contributed by atoms with E-state index in [1.165, 1.54) is 14.2 Å². The Hall–Kier alpha value is -1.42. The number of ether oxygens (including phenoxy) is 2. The zero-order chi connectivity index (χ0) is 15.3. The zero-order valence-corrected chi connectivity index (χ0v) is 13.4. The molecule has 1 aromatic rings. The van der Waals surface area contributed by atoms with Crippen molar-refractivity contribution in [3.8, 4) is 17.2 Å². The van der Waals surface area contributed by atoms with E-state index in [-0.39, 0.29) is 11.2 Å². The Bertz CT molecular complexity index is 416. The highest BCUT2D eigenvalue weighted by Gasteiger charge is 2.21. The Morgan fingerprint density at radius 1 is 1.15 bits per heavy atom. The number of benzene rings is 1. The number of hydrogen-bond acceptors (Lipinski definition) is 4. The SMILES string of the molecule is COc1cc(CNCC(C)(C)C(C)C)cc(OC)c1O. The third-order valence-electron chi connectivity index (χ3n) is 4.01. The summed E-state index contributed by atoms with van der Waals surface area (Å²) in [6, 6.07) is 3.65. The molecule has 1 rings (SSSR count). The van der Waals surface area contributed by atoms with Crippen molar-refractivity contribution in [1.82, 2.24) is 5.32 Å². The van der Waals surface area contributed by atoms with E-state index >= 15 is 0 Å². The van der Waals surface area contributed by atoms with E-state index < -0.39 is 0 Å². The number of nitrogens with one attached hydrogen (secondary N) is 1. The highest BCUT2D eigenvalue weighted by molar-refractivity contribution is 5.52. The fourth-order valence-corrected chi connectivity index (χ4v) is 1.78. The van der Waals surface area contributed by atoms with Crippen molar-refractivity contribution >= 4 is 0 Å². The van der Waals surface area contributed by atoms with Crippen LogP contribution in [0.25, 0.3) is 0 Å². The van der Waals surface area contributed by atoms with Gasteiger partial charge in [-0.05, 0) is 29.0 Å². The minimum atomic E-state index is 0.0428. The van der Waals surface area contributed by atoms with Crippen molar-refractivity contribution < 1.29 is 14.6 Å². The van der Waals surface area contributed by atoms with E-state index in [2.05, 4.69) is 33.0 Å². The van der Waals surface area contributed by atoms with Crippen LogP contribution in [0.2, 0.25) is 0 Å². The normalized spacial score (nSPS) is 11.8. The van der Waals surface area contributed by atoms with Crippen LogP contribution in [0.15, 0.2) is 12.1 Å². The predicted molar refractivity (Wildman–Crippen MR) is 81.5 cm³/mol. The van der Waals surface area contributed by atoms with Gasteiger partial charge in [-0.2, -0.15) is 0 Å². The highest BCUT2D eigenvalue weighted by atomic mass is 16.5. The summed E-state index contributed by atoms with van der Waals surface area (Å²) in [6.07, 6.45) is 0. The molecule has 4 heteroatoms. The first kappa shape index (κ1) is 16.6. The van der Waals surface area contributed by atoms with Crippen molar-refractivity contribution in [3.05, 3.63) is 17.7 Å². The van der Waals surface area contributed by atoms with Gasteiger partial charge in [0.2, 0.25) is 5.75 Å². The molecule has 0 aliphatic carbocycles. The summed E-state index contributed by atoms with van der Waals surface area (Å²) in [6.45, 7) is 10.6. The van der Waals surface area contributed by atoms with Crippen LogP contribution in [0.1, 0.15) is 33.3 Å². The number of hydrogen-bond donors (Lipinski definition) is 2. The second kappa shape index (κ2) is 6.84. The van der Waals surface area contributed by atoms with Gasteiger partial charge in [-0.1, -0.05) is 27.7 Å². The zero-order valence-electron chi connectivity index (χ0n) is 13.4. The maximum atomic E-state index is 9.87. The molecule has 0 unspecified atom stereocenters. The van der Waals surface area contributed by atoms with Crippen LogP contribution < -0.4 is 14.8 Å². The number of methoxy groups -OCH3 is 2. The van der Waals surface area contributed by atoms with Gasteiger partial charge in [0.1, 0.15) is 0 Å². The molecule has 0 saturated carbocycles. The molecule has 20 heavy (non-hydrogen) atoms.